The molecule has 1 amide bonds. The summed E-state index contributed by atoms with van der Waals surface area (Å²) < 4.78 is 5.62. The van der Waals surface area contributed by atoms with Crippen LogP contribution in [0.4, 0.5) is 0 Å². The molecule has 0 fully saturated rings. The van der Waals surface area contributed by atoms with E-state index in [9.17, 15) is 9.59 Å². The van der Waals surface area contributed by atoms with Gasteiger partial charge < -0.3 is 10.1 Å². The van der Waals surface area contributed by atoms with Gasteiger partial charge >= 0.3 is 0 Å². The van der Waals surface area contributed by atoms with E-state index in [-0.39, 0.29) is 17.4 Å². The lowest BCUT2D eigenvalue weighted by Crippen LogP contribution is -2.18. The quantitative estimate of drug-likeness (QED) is 0.866. The number of benzene rings is 1. The van der Waals surface area contributed by atoms with E-state index >= 15 is 0 Å². The molecule has 102 valence electrons. The number of nitrogens with one attached hydrogen (secondary N) is 1. The van der Waals surface area contributed by atoms with Gasteiger partial charge in [-0.3, -0.25) is 14.6 Å². The molecule has 0 radical (unpaired) electrons. The summed E-state index contributed by atoms with van der Waals surface area (Å²) in [4.78, 5) is 26.6. The van der Waals surface area contributed by atoms with Crippen molar-refractivity contribution < 1.29 is 14.3 Å². The highest BCUT2D eigenvalue weighted by molar-refractivity contribution is 5.94. The number of carbonyl (C=O) groups excluding carboxylic acids is 2. The van der Waals surface area contributed by atoms with Crippen molar-refractivity contribution in [1.29, 1.82) is 0 Å². The van der Waals surface area contributed by atoms with Crippen molar-refractivity contribution in [3.8, 4) is 11.5 Å². The molecule has 0 aliphatic rings. The Morgan fingerprint density at radius 2 is 1.80 bits per heavy atom. The largest absolute Gasteiger partial charge is 0.457 e. The number of pyridine rings is 1. The first-order valence-electron chi connectivity index (χ1n) is 6.07. The molecule has 2 aromatic rings. The fourth-order valence-electron chi connectivity index (χ4n) is 1.62. The predicted molar refractivity (Wildman–Crippen MR) is 74.1 cm³/mol. The van der Waals surface area contributed by atoms with Gasteiger partial charge in [0.15, 0.2) is 5.78 Å². The zero-order valence-corrected chi connectivity index (χ0v) is 11.2. The molecule has 0 spiro atoms. The van der Waals surface area contributed by atoms with Crippen LogP contribution < -0.4 is 10.1 Å². The van der Waals surface area contributed by atoms with Gasteiger partial charge in [0.25, 0.3) is 5.91 Å². The van der Waals surface area contributed by atoms with Gasteiger partial charge in [0.2, 0.25) is 0 Å². The van der Waals surface area contributed by atoms with E-state index in [0.717, 1.165) is 0 Å². The van der Waals surface area contributed by atoms with Crippen LogP contribution in [0.1, 0.15) is 27.8 Å². The van der Waals surface area contributed by atoms with Crippen LogP contribution in [0.2, 0.25) is 0 Å². The van der Waals surface area contributed by atoms with Crippen LogP contribution in [-0.4, -0.2) is 23.7 Å². The SMILES string of the molecule is CNC(=O)c1cc(Oc2ccc(C(C)=O)cc2)ccn1. The van der Waals surface area contributed by atoms with E-state index in [4.69, 9.17) is 4.74 Å². The molecule has 0 saturated heterocycles. The highest BCUT2D eigenvalue weighted by Crippen LogP contribution is 2.22. The third-order valence-corrected chi connectivity index (χ3v) is 2.69. The van der Waals surface area contributed by atoms with E-state index in [1.807, 2.05) is 0 Å². The van der Waals surface area contributed by atoms with E-state index in [1.165, 1.54) is 20.2 Å². The Bertz CT molecular complexity index is 636. The Morgan fingerprint density at radius 1 is 1.10 bits per heavy atom. The number of aromatic nitrogens is 1. The van der Waals surface area contributed by atoms with Gasteiger partial charge in [0.05, 0.1) is 0 Å². The normalized spacial score (nSPS) is 9.90. The van der Waals surface area contributed by atoms with Crippen LogP contribution in [-0.2, 0) is 0 Å². The second kappa shape index (κ2) is 5.97. The Hall–Kier alpha value is -2.69. The molecular weight excluding hydrogens is 256 g/mol. The average Bonchev–Trinajstić information content (AvgIpc) is 2.47. The maximum absolute atomic E-state index is 11.5. The van der Waals surface area contributed by atoms with Crippen molar-refractivity contribution in [3.63, 3.8) is 0 Å². The number of rotatable bonds is 4. The number of ketones is 1. The third-order valence-electron chi connectivity index (χ3n) is 2.69. The standard InChI is InChI=1S/C15H14N2O3/c1-10(18)11-3-5-12(6-4-11)20-13-7-8-17-14(9-13)15(19)16-2/h3-9H,1-2H3,(H,16,19). The van der Waals surface area contributed by atoms with E-state index in [1.54, 1.807) is 36.4 Å². The second-order valence-electron chi connectivity index (χ2n) is 4.14. The summed E-state index contributed by atoms with van der Waals surface area (Å²) in [7, 11) is 1.54. The van der Waals surface area contributed by atoms with Gasteiger partial charge in [-0.15, -0.1) is 0 Å². The monoisotopic (exact) mass is 270 g/mol. The first-order valence-corrected chi connectivity index (χ1v) is 6.07. The number of hydrogen-bond acceptors (Lipinski definition) is 4. The molecule has 0 unspecified atom stereocenters. The summed E-state index contributed by atoms with van der Waals surface area (Å²) in [5.74, 6) is 0.822. The van der Waals surface area contributed by atoms with Crippen LogP contribution in [0.3, 0.4) is 0 Å². The molecule has 5 nitrogen and oxygen atoms in total. The lowest BCUT2D eigenvalue weighted by molar-refractivity contribution is 0.0956. The minimum Gasteiger partial charge on any atom is -0.457 e. The second-order valence-corrected chi connectivity index (χ2v) is 4.14. The zero-order valence-electron chi connectivity index (χ0n) is 11.2. The lowest BCUT2D eigenvalue weighted by Gasteiger charge is -2.07. The molecule has 5 heteroatoms. The number of amides is 1. The minimum atomic E-state index is -0.276. The molecule has 0 bridgehead atoms. The molecule has 20 heavy (non-hydrogen) atoms. The minimum absolute atomic E-state index is 0.00219. The highest BCUT2D eigenvalue weighted by atomic mass is 16.5. The van der Waals surface area contributed by atoms with Crippen LogP contribution in [0.5, 0.6) is 11.5 Å². The van der Waals surface area contributed by atoms with Crippen LogP contribution in [0, 0.1) is 0 Å². The lowest BCUT2D eigenvalue weighted by atomic mass is 10.1. The van der Waals surface area contributed by atoms with Crippen LogP contribution >= 0.6 is 0 Å². The van der Waals surface area contributed by atoms with E-state index < -0.39 is 0 Å². The molecule has 0 aliphatic carbocycles. The van der Waals surface area contributed by atoms with Gasteiger partial charge in [0, 0.05) is 24.9 Å². The van der Waals surface area contributed by atoms with E-state index in [0.29, 0.717) is 17.1 Å². The summed E-state index contributed by atoms with van der Waals surface area (Å²) in [6.07, 6.45) is 1.50. The van der Waals surface area contributed by atoms with Gasteiger partial charge in [-0.1, -0.05) is 0 Å². The molecular formula is C15H14N2O3. The van der Waals surface area contributed by atoms with Crippen molar-refractivity contribution in [1.82, 2.24) is 10.3 Å². The topological polar surface area (TPSA) is 68.3 Å². The summed E-state index contributed by atoms with van der Waals surface area (Å²) in [6, 6.07) is 10.0. The fraction of sp³-hybridized carbons (Fsp3) is 0.133. The average molecular weight is 270 g/mol. The summed E-state index contributed by atoms with van der Waals surface area (Å²) >= 11 is 0. The molecule has 1 N–H and O–H groups in total. The first kappa shape index (κ1) is 13.7. The maximum atomic E-state index is 11.5. The molecule has 2 rings (SSSR count). The summed E-state index contributed by atoms with van der Waals surface area (Å²) in [5, 5.41) is 2.50. The van der Waals surface area contributed by atoms with E-state index in [2.05, 4.69) is 10.3 Å². The number of carbonyl (C=O) groups is 2. The Kier molecular flexibility index (Phi) is 4.10. The number of hydrogen-bond donors (Lipinski definition) is 1. The Morgan fingerprint density at radius 3 is 2.40 bits per heavy atom. The summed E-state index contributed by atoms with van der Waals surface area (Å²) in [5.41, 5.74) is 0.906. The summed E-state index contributed by atoms with van der Waals surface area (Å²) in [6.45, 7) is 1.51. The molecule has 0 aliphatic heterocycles. The predicted octanol–water partition coefficient (Wildman–Crippen LogP) is 2.44. The number of Topliss-reactive ketones (excluding diaryl/α,β-unsaturated/α-hetero) is 1. The van der Waals surface area contributed by atoms with Gasteiger partial charge in [-0.25, -0.2) is 0 Å². The number of ether oxygens (including phenoxy) is 1. The molecule has 0 saturated carbocycles. The first-order chi connectivity index (χ1) is 9.60. The van der Waals surface area contributed by atoms with Gasteiger partial charge in [0.1, 0.15) is 17.2 Å². The van der Waals surface area contributed by atoms with Gasteiger partial charge in [-0.05, 0) is 37.3 Å². The zero-order chi connectivity index (χ0) is 14.5. The third kappa shape index (κ3) is 3.20. The Balaban J connectivity index is 2.17. The molecule has 1 heterocycles. The maximum Gasteiger partial charge on any atom is 0.269 e. The van der Waals surface area contributed by atoms with Crippen molar-refractivity contribution in [2.45, 2.75) is 6.92 Å². The van der Waals surface area contributed by atoms with Crippen LogP contribution in [0.15, 0.2) is 42.6 Å². The smallest absolute Gasteiger partial charge is 0.269 e. The van der Waals surface area contributed by atoms with Gasteiger partial charge in [-0.2, -0.15) is 0 Å². The molecule has 1 aromatic heterocycles. The van der Waals surface area contributed by atoms with Crippen molar-refractivity contribution >= 4 is 11.7 Å². The van der Waals surface area contributed by atoms with Crippen molar-refractivity contribution in [2.75, 3.05) is 7.05 Å². The molecule has 0 atom stereocenters. The fourth-order valence-corrected chi connectivity index (χ4v) is 1.62. The van der Waals surface area contributed by atoms with Crippen molar-refractivity contribution in [3.05, 3.63) is 53.9 Å². The van der Waals surface area contributed by atoms with Crippen LogP contribution in [0.25, 0.3) is 0 Å². The highest BCUT2D eigenvalue weighted by Gasteiger charge is 2.07. The van der Waals surface area contributed by atoms with Crippen molar-refractivity contribution in [2.24, 2.45) is 0 Å². The molecule has 1 aromatic carbocycles. The number of nitrogens with zero attached hydrogens (tertiary/aromatic N) is 1. The Labute approximate surface area is 116 Å².